The topological polar surface area (TPSA) is 88.6 Å². The molecule has 7 heteroatoms. The van der Waals surface area contributed by atoms with Gasteiger partial charge in [-0.05, 0) is 37.4 Å². The highest BCUT2D eigenvalue weighted by Gasteiger charge is 2.30. The lowest BCUT2D eigenvalue weighted by atomic mass is 9.99. The average molecular weight is 347 g/mol. The molecule has 1 saturated heterocycles. The van der Waals surface area contributed by atoms with Gasteiger partial charge in [0.1, 0.15) is 11.4 Å². The molecule has 3 rings (SSSR count). The van der Waals surface area contributed by atoms with Gasteiger partial charge in [0.2, 0.25) is 5.43 Å². The number of benzene rings is 1. The maximum Gasteiger partial charge on any atom is 0.341 e. The molecule has 1 fully saturated rings. The first-order chi connectivity index (χ1) is 11.9. The number of halogens is 1. The molecule has 1 aromatic heterocycles. The molecule has 0 aliphatic carbocycles. The maximum atomic E-state index is 14.7. The van der Waals surface area contributed by atoms with Crippen molar-refractivity contribution in [2.45, 2.75) is 20.4 Å². The van der Waals surface area contributed by atoms with Crippen LogP contribution < -0.4 is 16.1 Å². The van der Waals surface area contributed by atoms with Crippen LogP contribution in [0.4, 0.5) is 10.1 Å². The molecule has 2 aromatic rings. The van der Waals surface area contributed by atoms with Crippen molar-refractivity contribution in [1.82, 2.24) is 4.57 Å². The zero-order valence-electron chi connectivity index (χ0n) is 14.3. The zero-order chi connectivity index (χ0) is 18.3. The van der Waals surface area contributed by atoms with Crippen molar-refractivity contribution in [1.29, 1.82) is 0 Å². The minimum atomic E-state index is -1.31. The summed E-state index contributed by atoms with van der Waals surface area (Å²) in [5, 5.41) is 9.29. The van der Waals surface area contributed by atoms with E-state index in [0.29, 0.717) is 49.2 Å². The molecule has 0 spiro atoms. The van der Waals surface area contributed by atoms with Crippen LogP contribution in [0.2, 0.25) is 0 Å². The third kappa shape index (κ3) is 2.89. The highest BCUT2D eigenvalue weighted by Crippen LogP contribution is 2.31. The molecule has 0 saturated carbocycles. The van der Waals surface area contributed by atoms with E-state index >= 15 is 0 Å². The molecule has 6 nitrogen and oxygen atoms in total. The molecule has 134 valence electrons. The number of pyridine rings is 1. The van der Waals surface area contributed by atoms with Crippen molar-refractivity contribution in [2.75, 3.05) is 24.5 Å². The first-order valence-corrected chi connectivity index (χ1v) is 8.42. The Bertz CT molecular complexity index is 893. The number of nitrogens with two attached hydrogens (primary N) is 1. The van der Waals surface area contributed by atoms with Crippen LogP contribution in [0.15, 0.2) is 23.1 Å². The highest BCUT2D eigenvalue weighted by molar-refractivity contribution is 5.93. The molecule has 3 N–H and O–H groups in total. The number of hydrogen-bond acceptors (Lipinski definition) is 4. The number of aromatic carboxylic acids is 1. The van der Waals surface area contributed by atoms with Crippen molar-refractivity contribution >= 4 is 22.6 Å². The van der Waals surface area contributed by atoms with Gasteiger partial charge in [0.15, 0.2) is 0 Å². The number of aryl methyl sites for hydroxylation is 1. The van der Waals surface area contributed by atoms with E-state index in [-0.39, 0.29) is 10.9 Å². The van der Waals surface area contributed by atoms with Crippen LogP contribution in [0.3, 0.4) is 0 Å². The Labute approximate surface area is 144 Å². The van der Waals surface area contributed by atoms with Crippen LogP contribution in [0.5, 0.6) is 0 Å². The number of carboxylic acid groups (broad SMARTS) is 1. The van der Waals surface area contributed by atoms with Crippen LogP contribution in [0.25, 0.3) is 10.9 Å². The molecule has 2 heterocycles. The van der Waals surface area contributed by atoms with Crippen LogP contribution in [0.1, 0.15) is 24.2 Å². The molecule has 2 unspecified atom stereocenters. The van der Waals surface area contributed by atoms with Crippen molar-refractivity contribution in [3.8, 4) is 0 Å². The first kappa shape index (κ1) is 17.4. The number of nitrogens with zero attached hydrogens (tertiary/aromatic N) is 2. The standard InChI is InChI=1S/C18H22FN3O3/c1-3-21-9-13(18(24)25)17(23)12-4-14(19)16(5-15(12)21)22-7-10(2)11(6-20)8-22/h4-5,9-11H,3,6-8,20H2,1-2H3,(H,24,25). The van der Waals surface area contributed by atoms with Gasteiger partial charge in [0.05, 0.1) is 11.2 Å². The predicted molar refractivity (Wildman–Crippen MR) is 94.7 cm³/mol. The lowest BCUT2D eigenvalue weighted by Gasteiger charge is -2.21. The molecular formula is C18H22FN3O3. The summed E-state index contributed by atoms with van der Waals surface area (Å²) in [6.07, 6.45) is 1.32. The molecule has 1 aliphatic heterocycles. The van der Waals surface area contributed by atoms with Crippen molar-refractivity contribution < 1.29 is 14.3 Å². The number of aromatic nitrogens is 1. The Morgan fingerprint density at radius 2 is 2.12 bits per heavy atom. The second kappa shape index (κ2) is 6.48. The largest absolute Gasteiger partial charge is 0.477 e. The minimum absolute atomic E-state index is 0.0885. The van der Waals surface area contributed by atoms with E-state index in [9.17, 15) is 19.1 Å². The molecule has 2 atom stereocenters. The average Bonchev–Trinajstić information content (AvgIpc) is 2.95. The summed E-state index contributed by atoms with van der Waals surface area (Å²) in [4.78, 5) is 25.6. The monoisotopic (exact) mass is 347 g/mol. The summed E-state index contributed by atoms with van der Waals surface area (Å²) in [6, 6.07) is 2.80. The summed E-state index contributed by atoms with van der Waals surface area (Å²) in [7, 11) is 0. The van der Waals surface area contributed by atoms with Crippen LogP contribution in [-0.4, -0.2) is 35.3 Å². The first-order valence-electron chi connectivity index (χ1n) is 8.42. The van der Waals surface area contributed by atoms with Gasteiger partial charge in [0.25, 0.3) is 0 Å². The maximum absolute atomic E-state index is 14.7. The van der Waals surface area contributed by atoms with Gasteiger partial charge in [0, 0.05) is 31.2 Å². The Balaban J connectivity index is 2.18. The number of anilines is 1. The van der Waals surface area contributed by atoms with Crippen LogP contribution >= 0.6 is 0 Å². The highest BCUT2D eigenvalue weighted by atomic mass is 19.1. The number of rotatable bonds is 4. The molecule has 0 bridgehead atoms. The van der Waals surface area contributed by atoms with Gasteiger partial charge in [-0.25, -0.2) is 9.18 Å². The van der Waals surface area contributed by atoms with Crippen molar-refractivity contribution in [2.24, 2.45) is 17.6 Å². The fraction of sp³-hybridized carbons (Fsp3) is 0.444. The second-order valence-corrected chi connectivity index (χ2v) is 6.66. The summed E-state index contributed by atoms with van der Waals surface area (Å²) in [6.45, 7) is 6.34. The summed E-state index contributed by atoms with van der Waals surface area (Å²) in [5.41, 5.74) is 5.74. The number of carboxylic acids is 1. The number of fused-ring (bicyclic) bond motifs is 1. The SMILES string of the molecule is CCn1cc(C(=O)O)c(=O)c2cc(F)c(N3CC(C)C(CN)C3)cc21. The zero-order valence-corrected chi connectivity index (χ0v) is 14.3. The molecule has 1 aromatic carbocycles. The van der Waals surface area contributed by atoms with Gasteiger partial charge in [-0.2, -0.15) is 0 Å². The Kier molecular flexibility index (Phi) is 4.51. The Morgan fingerprint density at radius 1 is 1.40 bits per heavy atom. The van der Waals surface area contributed by atoms with E-state index in [1.165, 1.54) is 6.20 Å². The van der Waals surface area contributed by atoms with E-state index < -0.39 is 17.2 Å². The fourth-order valence-corrected chi connectivity index (χ4v) is 3.59. The van der Waals surface area contributed by atoms with Crippen LogP contribution in [0, 0.1) is 17.7 Å². The van der Waals surface area contributed by atoms with Gasteiger partial charge in [-0.15, -0.1) is 0 Å². The molecular weight excluding hydrogens is 325 g/mol. The van der Waals surface area contributed by atoms with Crippen molar-refractivity contribution in [3.05, 3.63) is 39.9 Å². The van der Waals surface area contributed by atoms with E-state index in [2.05, 4.69) is 6.92 Å². The number of carbonyl (C=O) groups is 1. The lowest BCUT2D eigenvalue weighted by molar-refractivity contribution is 0.0695. The summed E-state index contributed by atoms with van der Waals surface area (Å²) < 4.78 is 16.4. The van der Waals surface area contributed by atoms with E-state index in [1.807, 2.05) is 11.8 Å². The fourth-order valence-electron chi connectivity index (χ4n) is 3.59. The third-order valence-electron chi connectivity index (χ3n) is 5.13. The molecule has 1 aliphatic rings. The Hall–Kier alpha value is -2.41. The van der Waals surface area contributed by atoms with Gasteiger partial charge < -0.3 is 20.3 Å². The van der Waals surface area contributed by atoms with E-state index in [4.69, 9.17) is 5.73 Å². The third-order valence-corrected chi connectivity index (χ3v) is 5.13. The second-order valence-electron chi connectivity index (χ2n) is 6.66. The smallest absolute Gasteiger partial charge is 0.341 e. The molecule has 25 heavy (non-hydrogen) atoms. The summed E-state index contributed by atoms with van der Waals surface area (Å²) in [5.74, 6) is -1.15. The Morgan fingerprint density at radius 3 is 2.68 bits per heavy atom. The predicted octanol–water partition coefficient (Wildman–Crippen LogP) is 1.89. The summed E-state index contributed by atoms with van der Waals surface area (Å²) >= 11 is 0. The van der Waals surface area contributed by atoms with E-state index in [0.717, 1.165) is 6.07 Å². The van der Waals surface area contributed by atoms with Crippen LogP contribution in [-0.2, 0) is 6.54 Å². The number of hydrogen-bond donors (Lipinski definition) is 2. The quantitative estimate of drug-likeness (QED) is 0.882. The van der Waals surface area contributed by atoms with Gasteiger partial charge in [-0.3, -0.25) is 4.79 Å². The van der Waals surface area contributed by atoms with Crippen molar-refractivity contribution in [3.63, 3.8) is 0 Å². The molecule has 0 amide bonds. The minimum Gasteiger partial charge on any atom is -0.477 e. The van der Waals surface area contributed by atoms with Gasteiger partial charge >= 0.3 is 5.97 Å². The van der Waals surface area contributed by atoms with Gasteiger partial charge in [-0.1, -0.05) is 6.92 Å². The normalized spacial score (nSPS) is 20.4. The van der Waals surface area contributed by atoms with E-state index in [1.54, 1.807) is 10.6 Å². The molecule has 0 radical (unpaired) electrons. The lowest BCUT2D eigenvalue weighted by Crippen LogP contribution is -2.24.